The summed E-state index contributed by atoms with van der Waals surface area (Å²) in [7, 11) is -2.85. The fourth-order valence-corrected chi connectivity index (χ4v) is 6.78. The second kappa shape index (κ2) is 14.2. The zero-order valence-corrected chi connectivity index (χ0v) is 28.1. The van der Waals surface area contributed by atoms with Gasteiger partial charge in [0.1, 0.15) is 11.8 Å². The topological polar surface area (TPSA) is 137 Å². The zero-order chi connectivity index (χ0) is 34.6. The molecule has 1 heterocycles. The molecule has 48 heavy (non-hydrogen) atoms. The van der Waals surface area contributed by atoms with Gasteiger partial charge in [-0.15, -0.1) is 0 Å². The van der Waals surface area contributed by atoms with E-state index in [0.717, 1.165) is 16.8 Å². The van der Waals surface area contributed by atoms with Gasteiger partial charge in [-0.3, -0.25) is 4.79 Å². The molecule has 0 spiro atoms. The number of aromatic hydroxyl groups is 1. The molecular weight excluding hydrogens is 630 g/mol. The first-order valence-electron chi connectivity index (χ1n) is 15.2. The number of hydrogen-bond acceptors (Lipinski definition) is 8. The number of aromatic nitrogens is 2. The Hall–Kier alpha value is -5.26. The predicted octanol–water partition coefficient (Wildman–Crippen LogP) is 5.82. The van der Waals surface area contributed by atoms with Gasteiger partial charge in [0, 0.05) is 29.2 Å². The smallest absolute Gasteiger partial charge is 0.337 e. The highest BCUT2D eigenvalue weighted by molar-refractivity contribution is 7.89. The van der Waals surface area contributed by atoms with E-state index in [0.29, 0.717) is 33.4 Å². The van der Waals surface area contributed by atoms with E-state index in [1.54, 1.807) is 55.1 Å². The van der Waals surface area contributed by atoms with Crippen LogP contribution >= 0.6 is 0 Å². The van der Waals surface area contributed by atoms with Crippen molar-refractivity contribution in [3.8, 4) is 11.4 Å². The molecule has 0 bridgehead atoms. The Morgan fingerprint density at radius 3 is 2.17 bits per heavy atom. The summed E-state index contributed by atoms with van der Waals surface area (Å²) in [6.45, 7) is 7.38. The lowest BCUT2D eigenvalue weighted by atomic mass is 9.89. The second-order valence-electron chi connectivity index (χ2n) is 11.7. The molecule has 0 fully saturated rings. The molecule has 1 unspecified atom stereocenters. The summed E-state index contributed by atoms with van der Waals surface area (Å²) in [6, 6.07) is 20.2. The lowest BCUT2D eigenvalue weighted by Crippen LogP contribution is -2.43. The number of esters is 2. The second-order valence-corrected chi connectivity index (χ2v) is 13.4. The molecule has 0 aliphatic rings. The standard InChI is InChI=1S/C37H37N3O7S/c1-23-6-14-31(15-7-23)48(44,45)39-33(20-27-9-12-30(41)13-10-27)37(43)47-35(34-25(3)18-28(19-26(34)4)36(42)46-5)32-21-29(11-8-24(32)2)40-17-16-38-22-40/h6-19,21-22,33,35,39,41H,20H2,1-5H3/t33-,35?/m0/s1. The molecule has 248 valence electrons. The molecule has 10 nitrogen and oxygen atoms in total. The number of hydrogen-bond donors (Lipinski definition) is 2. The quantitative estimate of drug-likeness (QED) is 0.168. The normalized spacial score (nSPS) is 12.7. The minimum absolute atomic E-state index is 0.00196. The van der Waals surface area contributed by atoms with E-state index in [2.05, 4.69) is 9.71 Å². The number of ether oxygens (including phenoxy) is 2. The number of rotatable bonds is 11. The van der Waals surface area contributed by atoms with Gasteiger partial charge >= 0.3 is 11.9 Å². The third kappa shape index (κ3) is 7.64. The first kappa shape index (κ1) is 34.1. The Labute approximate surface area is 280 Å². The average Bonchev–Trinajstić information content (AvgIpc) is 3.60. The van der Waals surface area contributed by atoms with Crippen LogP contribution in [0.15, 0.2) is 102 Å². The molecule has 0 radical (unpaired) electrons. The van der Waals surface area contributed by atoms with Gasteiger partial charge in [-0.05, 0) is 105 Å². The van der Waals surface area contributed by atoms with Crippen molar-refractivity contribution >= 4 is 22.0 Å². The highest BCUT2D eigenvalue weighted by Gasteiger charge is 2.32. The summed E-state index contributed by atoms with van der Waals surface area (Å²) in [6.07, 6.45) is 4.07. The van der Waals surface area contributed by atoms with Gasteiger partial charge in [-0.25, -0.2) is 18.2 Å². The summed E-state index contributed by atoms with van der Waals surface area (Å²) in [5.74, 6) is -1.28. The summed E-state index contributed by atoms with van der Waals surface area (Å²) in [4.78, 5) is 30.9. The van der Waals surface area contributed by atoms with Crippen LogP contribution in [-0.2, 0) is 30.7 Å². The first-order chi connectivity index (χ1) is 22.9. The van der Waals surface area contributed by atoms with Gasteiger partial charge in [0.25, 0.3) is 0 Å². The highest BCUT2D eigenvalue weighted by atomic mass is 32.2. The van der Waals surface area contributed by atoms with Crippen LogP contribution in [0.3, 0.4) is 0 Å². The molecule has 1 aromatic heterocycles. The van der Waals surface area contributed by atoms with Gasteiger partial charge < -0.3 is 19.1 Å². The minimum atomic E-state index is -4.16. The number of carbonyl (C=O) groups excluding carboxylic acids is 2. The van der Waals surface area contributed by atoms with Crippen LogP contribution in [-0.4, -0.2) is 48.2 Å². The molecule has 0 saturated carbocycles. The van der Waals surface area contributed by atoms with Crippen LogP contribution in [0.2, 0.25) is 0 Å². The van der Waals surface area contributed by atoms with Crippen LogP contribution in [0.5, 0.6) is 5.75 Å². The van der Waals surface area contributed by atoms with E-state index < -0.39 is 34.1 Å². The summed E-state index contributed by atoms with van der Waals surface area (Å²) >= 11 is 0. The molecule has 0 aliphatic carbocycles. The van der Waals surface area contributed by atoms with Gasteiger partial charge in [-0.1, -0.05) is 35.9 Å². The predicted molar refractivity (Wildman–Crippen MR) is 181 cm³/mol. The van der Waals surface area contributed by atoms with Gasteiger partial charge in [-0.2, -0.15) is 4.72 Å². The van der Waals surface area contributed by atoms with Crippen molar-refractivity contribution in [3.63, 3.8) is 0 Å². The number of phenolic OH excluding ortho intramolecular Hbond substituents is 1. The molecule has 0 saturated heterocycles. The summed E-state index contributed by atoms with van der Waals surface area (Å²) in [5.41, 5.74) is 6.09. The largest absolute Gasteiger partial charge is 0.508 e. The number of methoxy groups -OCH3 is 1. The summed E-state index contributed by atoms with van der Waals surface area (Å²) in [5, 5.41) is 9.83. The van der Waals surface area contributed by atoms with E-state index in [9.17, 15) is 23.1 Å². The molecule has 5 rings (SSSR count). The summed E-state index contributed by atoms with van der Waals surface area (Å²) < 4.78 is 42.9. The van der Waals surface area contributed by atoms with Crippen molar-refractivity contribution in [2.45, 2.75) is 51.2 Å². The molecule has 2 N–H and O–H groups in total. The minimum Gasteiger partial charge on any atom is -0.508 e. The Morgan fingerprint density at radius 1 is 0.896 bits per heavy atom. The lowest BCUT2D eigenvalue weighted by Gasteiger charge is -2.27. The first-order valence-corrected chi connectivity index (χ1v) is 16.7. The number of aryl methyl sites for hydroxylation is 4. The number of imidazole rings is 1. The Morgan fingerprint density at radius 2 is 1.56 bits per heavy atom. The van der Waals surface area contributed by atoms with Crippen molar-refractivity contribution in [2.75, 3.05) is 7.11 Å². The SMILES string of the molecule is COC(=O)c1cc(C)c(C(OC(=O)[C@H](Cc2ccc(O)cc2)NS(=O)(=O)c2ccc(C)cc2)c2cc(-n3ccnc3)ccc2C)c(C)c1. The fourth-order valence-electron chi connectivity index (χ4n) is 5.60. The molecule has 0 amide bonds. The van der Waals surface area contributed by atoms with Crippen LogP contribution < -0.4 is 4.72 Å². The Balaban J connectivity index is 1.61. The van der Waals surface area contributed by atoms with Gasteiger partial charge in [0.2, 0.25) is 10.0 Å². The van der Waals surface area contributed by atoms with Crippen LogP contribution in [0.4, 0.5) is 0 Å². The van der Waals surface area contributed by atoms with E-state index in [-0.39, 0.29) is 17.1 Å². The monoisotopic (exact) mass is 667 g/mol. The third-order valence-corrected chi connectivity index (χ3v) is 9.64. The number of phenols is 1. The van der Waals surface area contributed by atoms with E-state index in [4.69, 9.17) is 9.47 Å². The molecule has 11 heteroatoms. The molecule has 0 aliphatic heterocycles. The highest BCUT2D eigenvalue weighted by Crippen LogP contribution is 2.36. The number of sulfonamides is 1. The van der Waals surface area contributed by atoms with Crippen molar-refractivity contribution in [1.82, 2.24) is 14.3 Å². The van der Waals surface area contributed by atoms with E-state index in [1.807, 2.05) is 50.5 Å². The van der Waals surface area contributed by atoms with Gasteiger partial charge in [0.15, 0.2) is 6.10 Å². The maximum Gasteiger partial charge on any atom is 0.337 e. The molecule has 5 aromatic rings. The van der Waals surface area contributed by atoms with Crippen molar-refractivity contribution < 1.29 is 32.6 Å². The lowest BCUT2D eigenvalue weighted by molar-refractivity contribution is -0.149. The molecule has 2 atom stereocenters. The maximum atomic E-state index is 14.3. The molecular formula is C37H37N3O7S. The number of nitrogens with zero attached hydrogens (tertiary/aromatic N) is 2. The maximum absolute atomic E-state index is 14.3. The van der Waals surface area contributed by atoms with Crippen LogP contribution in [0.25, 0.3) is 5.69 Å². The Bertz CT molecular complexity index is 2020. The molecule has 4 aromatic carbocycles. The van der Waals surface area contributed by atoms with Crippen LogP contribution in [0, 0.1) is 27.7 Å². The zero-order valence-electron chi connectivity index (χ0n) is 27.3. The number of carbonyl (C=O) groups is 2. The van der Waals surface area contributed by atoms with Crippen molar-refractivity contribution in [2.24, 2.45) is 0 Å². The van der Waals surface area contributed by atoms with Crippen LogP contribution in [0.1, 0.15) is 55.4 Å². The Kier molecular flexibility index (Phi) is 10.1. The van der Waals surface area contributed by atoms with Crippen molar-refractivity contribution in [1.29, 1.82) is 0 Å². The van der Waals surface area contributed by atoms with Gasteiger partial charge in [0.05, 0.1) is 23.9 Å². The average molecular weight is 668 g/mol. The van der Waals surface area contributed by atoms with Crippen molar-refractivity contribution in [3.05, 3.63) is 142 Å². The number of nitrogens with one attached hydrogen (secondary N) is 1. The fraction of sp³-hybridized carbons (Fsp3) is 0.216. The third-order valence-electron chi connectivity index (χ3n) is 8.15. The van der Waals surface area contributed by atoms with E-state index >= 15 is 0 Å². The number of benzene rings is 4. The van der Waals surface area contributed by atoms with E-state index in [1.165, 1.54) is 31.4 Å².